The maximum Gasteiger partial charge on any atom is 0.253 e. The Bertz CT molecular complexity index is 772. The molecule has 3 heterocycles. The number of fused-ring (bicyclic) bond motifs is 1. The topological polar surface area (TPSA) is 70.2 Å². The van der Waals surface area contributed by atoms with E-state index in [2.05, 4.69) is 0 Å². The van der Waals surface area contributed by atoms with Crippen molar-refractivity contribution in [1.29, 1.82) is 0 Å². The number of ether oxygens (including phenoxy) is 1. The second-order valence-electron chi connectivity index (χ2n) is 7.45. The van der Waals surface area contributed by atoms with Gasteiger partial charge in [-0.3, -0.25) is 14.4 Å². The highest BCUT2D eigenvalue weighted by Gasteiger charge is 2.31. The van der Waals surface area contributed by atoms with Crippen LogP contribution in [-0.2, 0) is 20.7 Å². The van der Waals surface area contributed by atoms with Crippen molar-refractivity contribution in [2.75, 3.05) is 44.7 Å². The predicted octanol–water partition coefficient (Wildman–Crippen LogP) is 1.06. The summed E-state index contributed by atoms with van der Waals surface area (Å²) in [5, 5.41) is 0. The van der Waals surface area contributed by atoms with E-state index in [4.69, 9.17) is 4.74 Å². The minimum absolute atomic E-state index is 0.0359. The third-order valence-electron chi connectivity index (χ3n) is 5.70. The molecule has 0 spiro atoms. The fourth-order valence-corrected chi connectivity index (χ4v) is 4.10. The summed E-state index contributed by atoms with van der Waals surface area (Å²) < 4.78 is 5.51. The Labute approximate surface area is 158 Å². The Kier molecular flexibility index (Phi) is 4.86. The lowest BCUT2D eigenvalue weighted by atomic mass is 10.1. The zero-order valence-corrected chi connectivity index (χ0v) is 15.6. The summed E-state index contributed by atoms with van der Waals surface area (Å²) >= 11 is 0. The molecule has 1 unspecified atom stereocenters. The van der Waals surface area contributed by atoms with Gasteiger partial charge < -0.3 is 19.4 Å². The quantitative estimate of drug-likeness (QED) is 0.779. The molecule has 2 saturated heterocycles. The van der Waals surface area contributed by atoms with Crippen molar-refractivity contribution in [2.45, 2.75) is 31.8 Å². The number of rotatable bonds is 2. The van der Waals surface area contributed by atoms with Gasteiger partial charge in [0.05, 0.1) is 6.42 Å². The van der Waals surface area contributed by atoms with Crippen molar-refractivity contribution in [3.05, 3.63) is 29.3 Å². The molecule has 2 fully saturated rings. The van der Waals surface area contributed by atoms with Crippen molar-refractivity contribution >= 4 is 23.4 Å². The molecule has 0 bridgehead atoms. The van der Waals surface area contributed by atoms with Gasteiger partial charge in [0.25, 0.3) is 11.8 Å². The number of carbonyl (C=O) groups is 3. The minimum Gasteiger partial charge on any atom is -0.368 e. The molecule has 7 nitrogen and oxygen atoms in total. The number of hydrogen-bond acceptors (Lipinski definition) is 4. The molecule has 4 rings (SSSR count). The third kappa shape index (κ3) is 3.43. The first-order valence-electron chi connectivity index (χ1n) is 9.64. The molecule has 3 aliphatic rings. The van der Waals surface area contributed by atoms with Crippen LogP contribution < -0.4 is 4.90 Å². The highest BCUT2D eigenvalue weighted by molar-refractivity contribution is 6.03. The van der Waals surface area contributed by atoms with Crippen molar-refractivity contribution in [1.82, 2.24) is 9.80 Å². The molecule has 27 heavy (non-hydrogen) atoms. The summed E-state index contributed by atoms with van der Waals surface area (Å²) in [6.45, 7) is 3.00. The first kappa shape index (κ1) is 18.0. The van der Waals surface area contributed by atoms with Crippen LogP contribution in [0.5, 0.6) is 0 Å². The Morgan fingerprint density at radius 3 is 2.63 bits per heavy atom. The van der Waals surface area contributed by atoms with E-state index in [0.717, 1.165) is 30.5 Å². The van der Waals surface area contributed by atoms with E-state index in [9.17, 15) is 14.4 Å². The number of nitrogens with zero attached hydrogens (tertiary/aromatic N) is 3. The minimum atomic E-state index is -0.307. The summed E-state index contributed by atoms with van der Waals surface area (Å²) in [5.41, 5.74) is 2.38. The Morgan fingerprint density at radius 2 is 1.85 bits per heavy atom. The van der Waals surface area contributed by atoms with Crippen LogP contribution in [0.3, 0.4) is 0 Å². The molecular formula is C20H25N3O4. The van der Waals surface area contributed by atoms with Crippen molar-refractivity contribution < 1.29 is 19.1 Å². The molecular weight excluding hydrogens is 346 g/mol. The SMILES string of the molecule is CN1C(=O)Cc2cc(C(=O)N3CCCN(C(=O)C4CCCO4)CC3)ccc21. The fraction of sp³-hybridized carbons (Fsp3) is 0.550. The summed E-state index contributed by atoms with van der Waals surface area (Å²) in [4.78, 5) is 42.6. The van der Waals surface area contributed by atoms with Crippen LogP contribution in [0.2, 0.25) is 0 Å². The first-order chi connectivity index (χ1) is 13.0. The smallest absolute Gasteiger partial charge is 0.253 e. The summed E-state index contributed by atoms with van der Waals surface area (Å²) in [5.74, 6) is 0.0692. The molecule has 3 amide bonds. The number of likely N-dealkylation sites (N-methyl/N-ethyl adjacent to an activating group) is 1. The number of benzene rings is 1. The van der Waals surface area contributed by atoms with Gasteiger partial charge in [0, 0.05) is 51.1 Å². The number of hydrogen-bond donors (Lipinski definition) is 0. The first-order valence-corrected chi connectivity index (χ1v) is 9.64. The van der Waals surface area contributed by atoms with Crippen molar-refractivity contribution in [3.8, 4) is 0 Å². The van der Waals surface area contributed by atoms with Crippen molar-refractivity contribution in [2.24, 2.45) is 0 Å². The van der Waals surface area contributed by atoms with Crippen LogP contribution >= 0.6 is 0 Å². The largest absolute Gasteiger partial charge is 0.368 e. The molecule has 0 radical (unpaired) electrons. The molecule has 1 aromatic rings. The molecule has 3 aliphatic heterocycles. The molecule has 0 aromatic heterocycles. The van der Waals surface area contributed by atoms with E-state index < -0.39 is 0 Å². The van der Waals surface area contributed by atoms with Gasteiger partial charge in [-0.25, -0.2) is 0 Å². The molecule has 144 valence electrons. The highest BCUT2D eigenvalue weighted by atomic mass is 16.5. The summed E-state index contributed by atoms with van der Waals surface area (Å²) in [7, 11) is 1.75. The van der Waals surface area contributed by atoms with Gasteiger partial charge in [-0.05, 0) is 43.0 Å². The summed E-state index contributed by atoms with van der Waals surface area (Å²) in [6.07, 6.45) is 2.52. The zero-order valence-electron chi connectivity index (χ0n) is 15.6. The lowest BCUT2D eigenvalue weighted by molar-refractivity contribution is -0.140. The van der Waals surface area contributed by atoms with E-state index in [-0.39, 0.29) is 23.8 Å². The molecule has 0 saturated carbocycles. The predicted molar refractivity (Wildman–Crippen MR) is 99.6 cm³/mol. The van der Waals surface area contributed by atoms with Gasteiger partial charge in [0.2, 0.25) is 5.91 Å². The average molecular weight is 371 g/mol. The molecule has 1 aromatic carbocycles. The van der Waals surface area contributed by atoms with Gasteiger partial charge in [-0.1, -0.05) is 0 Å². The molecule has 1 atom stereocenters. The highest BCUT2D eigenvalue weighted by Crippen LogP contribution is 2.28. The van der Waals surface area contributed by atoms with E-state index in [1.807, 2.05) is 21.9 Å². The van der Waals surface area contributed by atoms with Gasteiger partial charge in [-0.15, -0.1) is 0 Å². The summed E-state index contributed by atoms with van der Waals surface area (Å²) in [6, 6.07) is 5.47. The van der Waals surface area contributed by atoms with Gasteiger partial charge in [0.15, 0.2) is 0 Å². The van der Waals surface area contributed by atoms with Crippen LogP contribution in [0.25, 0.3) is 0 Å². The monoisotopic (exact) mass is 371 g/mol. The zero-order chi connectivity index (χ0) is 19.0. The van der Waals surface area contributed by atoms with Crippen LogP contribution in [0.15, 0.2) is 18.2 Å². The number of amides is 3. The van der Waals surface area contributed by atoms with Gasteiger partial charge in [0.1, 0.15) is 6.10 Å². The van der Waals surface area contributed by atoms with E-state index in [1.54, 1.807) is 18.0 Å². The van der Waals surface area contributed by atoms with Crippen LogP contribution in [-0.4, -0.2) is 73.5 Å². The van der Waals surface area contributed by atoms with Crippen LogP contribution in [0, 0.1) is 0 Å². The molecule has 0 aliphatic carbocycles. The lowest BCUT2D eigenvalue weighted by Gasteiger charge is -2.24. The number of carbonyl (C=O) groups excluding carboxylic acids is 3. The lowest BCUT2D eigenvalue weighted by Crippen LogP contribution is -2.41. The van der Waals surface area contributed by atoms with Crippen molar-refractivity contribution in [3.63, 3.8) is 0 Å². The normalized spacial score (nSPS) is 22.8. The maximum absolute atomic E-state index is 12.9. The van der Waals surface area contributed by atoms with Gasteiger partial charge >= 0.3 is 0 Å². The van der Waals surface area contributed by atoms with Crippen LogP contribution in [0.4, 0.5) is 5.69 Å². The van der Waals surface area contributed by atoms with E-state index in [0.29, 0.717) is 44.8 Å². The third-order valence-corrected chi connectivity index (χ3v) is 5.70. The second-order valence-corrected chi connectivity index (χ2v) is 7.45. The van der Waals surface area contributed by atoms with E-state index in [1.165, 1.54) is 0 Å². The van der Waals surface area contributed by atoms with E-state index >= 15 is 0 Å². The van der Waals surface area contributed by atoms with Crippen LogP contribution in [0.1, 0.15) is 35.2 Å². The average Bonchev–Trinajstić information content (AvgIpc) is 3.22. The Balaban J connectivity index is 1.42. The molecule has 7 heteroatoms. The maximum atomic E-state index is 12.9. The standard InChI is InChI=1S/C20H25N3O4/c1-21-16-6-5-14(12-15(16)13-18(21)24)19(25)22-7-3-8-23(10-9-22)20(26)17-4-2-11-27-17/h5-6,12,17H,2-4,7-11,13H2,1H3. The number of anilines is 1. The second kappa shape index (κ2) is 7.31. The van der Waals surface area contributed by atoms with Gasteiger partial charge in [-0.2, -0.15) is 0 Å². The Hall–Kier alpha value is -2.41. The Morgan fingerprint density at radius 1 is 1.07 bits per heavy atom. The molecule has 0 N–H and O–H groups in total. The fourth-order valence-electron chi connectivity index (χ4n) is 4.10.